The zero-order valence-corrected chi connectivity index (χ0v) is 13.2. The molecular weight excluding hydrogens is 288 g/mol. The van der Waals surface area contributed by atoms with Gasteiger partial charge in [0.05, 0.1) is 5.69 Å². The van der Waals surface area contributed by atoms with Crippen molar-refractivity contribution < 1.29 is 4.79 Å². The summed E-state index contributed by atoms with van der Waals surface area (Å²) in [7, 11) is 0. The van der Waals surface area contributed by atoms with E-state index in [2.05, 4.69) is 39.1 Å². The largest absolute Gasteiger partial charge is 0.364 e. The van der Waals surface area contributed by atoms with Gasteiger partial charge in [-0.1, -0.05) is 36.8 Å². The summed E-state index contributed by atoms with van der Waals surface area (Å²) in [6, 6.07) is 10.5. The summed E-state index contributed by atoms with van der Waals surface area (Å²) < 4.78 is 0. The molecule has 2 heterocycles. The highest BCUT2D eigenvalue weighted by Crippen LogP contribution is 2.27. The maximum absolute atomic E-state index is 11.6. The molecular formula is C18H22N4O. The zero-order chi connectivity index (χ0) is 16.1. The second kappa shape index (κ2) is 7.33. The number of carbonyl (C=O) groups is 1. The van der Waals surface area contributed by atoms with E-state index in [0.29, 0.717) is 5.69 Å². The normalized spacial score (nSPS) is 19.2. The van der Waals surface area contributed by atoms with Gasteiger partial charge < -0.3 is 5.73 Å². The number of benzene rings is 1. The lowest BCUT2D eigenvalue weighted by molar-refractivity contribution is 0.0993. The molecule has 2 aromatic rings. The highest BCUT2D eigenvalue weighted by atomic mass is 16.1. The number of rotatable bonds is 4. The third-order valence-electron chi connectivity index (χ3n) is 4.35. The Bertz CT molecular complexity index is 659. The number of nitrogens with zero attached hydrogens (tertiary/aromatic N) is 3. The van der Waals surface area contributed by atoms with E-state index >= 15 is 0 Å². The van der Waals surface area contributed by atoms with E-state index in [1.54, 1.807) is 6.20 Å². The van der Waals surface area contributed by atoms with E-state index in [9.17, 15) is 4.79 Å². The molecule has 1 atom stereocenters. The van der Waals surface area contributed by atoms with Crippen molar-refractivity contribution in [3.8, 4) is 0 Å². The van der Waals surface area contributed by atoms with E-state index in [1.165, 1.54) is 11.8 Å². The van der Waals surface area contributed by atoms with Gasteiger partial charge in [-0.25, -0.2) is 4.98 Å². The van der Waals surface area contributed by atoms with Crippen LogP contribution in [0.15, 0.2) is 42.7 Å². The molecule has 0 bridgehead atoms. The Hall–Kier alpha value is -2.27. The van der Waals surface area contributed by atoms with Gasteiger partial charge in [-0.3, -0.25) is 14.7 Å². The number of likely N-dealkylation sites (tertiary alicyclic amines) is 1. The van der Waals surface area contributed by atoms with Crippen LogP contribution in [0.4, 0.5) is 0 Å². The Balaban J connectivity index is 1.79. The van der Waals surface area contributed by atoms with Gasteiger partial charge in [0.15, 0.2) is 0 Å². The molecule has 1 aromatic carbocycles. The summed E-state index contributed by atoms with van der Waals surface area (Å²) in [5, 5.41) is 0. The van der Waals surface area contributed by atoms with E-state index in [1.807, 2.05) is 6.07 Å². The predicted molar refractivity (Wildman–Crippen MR) is 88.9 cm³/mol. The van der Waals surface area contributed by atoms with E-state index < -0.39 is 5.91 Å². The summed E-state index contributed by atoms with van der Waals surface area (Å²) in [5.41, 5.74) is 7.84. The molecule has 1 aliphatic heterocycles. The molecule has 120 valence electrons. The van der Waals surface area contributed by atoms with Gasteiger partial charge in [0.1, 0.15) is 5.69 Å². The Morgan fingerprint density at radius 1 is 1.17 bits per heavy atom. The van der Waals surface area contributed by atoms with Crippen molar-refractivity contribution in [2.24, 2.45) is 5.73 Å². The summed E-state index contributed by atoms with van der Waals surface area (Å²) in [6.45, 7) is 2.87. The van der Waals surface area contributed by atoms with Crippen molar-refractivity contribution in [2.45, 2.75) is 31.7 Å². The van der Waals surface area contributed by atoms with Crippen LogP contribution in [0.25, 0.3) is 0 Å². The first-order valence-electron chi connectivity index (χ1n) is 8.11. The third-order valence-corrected chi connectivity index (χ3v) is 4.35. The van der Waals surface area contributed by atoms with Crippen LogP contribution in [-0.4, -0.2) is 33.9 Å². The van der Waals surface area contributed by atoms with Crippen molar-refractivity contribution in [2.75, 3.05) is 13.1 Å². The van der Waals surface area contributed by atoms with E-state index in [0.717, 1.165) is 44.6 Å². The Labute approximate surface area is 136 Å². The minimum atomic E-state index is -0.494. The number of carbonyl (C=O) groups excluding carboxylic acids is 1. The van der Waals surface area contributed by atoms with Crippen LogP contribution in [-0.2, 0) is 6.54 Å². The number of hydrogen-bond acceptors (Lipinski definition) is 4. The van der Waals surface area contributed by atoms with Crippen molar-refractivity contribution in [1.29, 1.82) is 0 Å². The second-order valence-electron chi connectivity index (χ2n) is 6.07. The Kier molecular flexibility index (Phi) is 4.98. The van der Waals surface area contributed by atoms with Crippen LogP contribution in [0.1, 0.15) is 46.9 Å². The molecule has 1 amide bonds. The monoisotopic (exact) mass is 310 g/mol. The maximum atomic E-state index is 11.6. The van der Waals surface area contributed by atoms with Crippen molar-refractivity contribution >= 4 is 5.91 Å². The van der Waals surface area contributed by atoms with Crippen molar-refractivity contribution in [3.63, 3.8) is 0 Å². The quantitative estimate of drug-likeness (QED) is 0.941. The summed E-state index contributed by atoms with van der Waals surface area (Å²) >= 11 is 0. The van der Waals surface area contributed by atoms with Crippen LogP contribution < -0.4 is 5.73 Å². The summed E-state index contributed by atoms with van der Waals surface area (Å²) in [6.07, 6.45) is 6.49. The highest BCUT2D eigenvalue weighted by Gasteiger charge is 2.25. The van der Waals surface area contributed by atoms with Crippen LogP contribution in [0.2, 0.25) is 0 Å². The van der Waals surface area contributed by atoms with Gasteiger partial charge in [-0.15, -0.1) is 0 Å². The second-order valence-corrected chi connectivity index (χ2v) is 6.07. The van der Waals surface area contributed by atoms with Crippen LogP contribution >= 0.6 is 0 Å². The standard InChI is InChI=1S/C18H22N4O/c19-18(23)17-16(20-9-10-21-17)15-8-4-5-11-22(13-15)12-14-6-2-1-3-7-14/h1-3,6-7,9-10,15H,4-5,8,11-13H2,(H2,19,23)/t15-/m0/s1. The first-order valence-corrected chi connectivity index (χ1v) is 8.11. The SMILES string of the molecule is NC(=O)c1nccnc1[C@H]1CCCCN(Cc2ccccc2)C1. The van der Waals surface area contributed by atoms with Crippen LogP contribution in [0.5, 0.6) is 0 Å². The zero-order valence-electron chi connectivity index (χ0n) is 13.2. The highest BCUT2D eigenvalue weighted by molar-refractivity contribution is 5.91. The lowest BCUT2D eigenvalue weighted by Crippen LogP contribution is -2.29. The molecule has 1 fully saturated rings. The molecule has 5 heteroatoms. The molecule has 1 aliphatic rings. The van der Waals surface area contributed by atoms with Gasteiger partial charge in [0, 0.05) is 31.4 Å². The topological polar surface area (TPSA) is 72.1 Å². The van der Waals surface area contributed by atoms with E-state index in [-0.39, 0.29) is 5.92 Å². The van der Waals surface area contributed by atoms with E-state index in [4.69, 9.17) is 5.73 Å². The first-order chi connectivity index (χ1) is 11.2. The number of primary amides is 1. The molecule has 1 aromatic heterocycles. The first kappa shape index (κ1) is 15.6. The minimum absolute atomic E-state index is 0.206. The molecule has 0 aliphatic carbocycles. The molecule has 0 spiro atoms. The fraction of sp³-hybridized carbons (Fsp3) is 0.389. The third kappa shape index (κ3) is 3.93. The predicted octanol–water partition coefficient (Wildman–Crippen LogP) is 2.35. The molecule has 3 rings (SSSR count). The maximum Gasteiger partial charge on any atom is 0.269 e. The number of aromatic nitrogens is 2. The number of nitrogens with two attached hydrogens (primary N) is 1. The van der Waals surface area contributed by atoms with Gasteiger partial charge in [-0.05, 0) is 24.9 Å². The summed E-state index contributed by atoms with van der Waals surface area (Å²) in [4.78, 5) is 22.6. The molecule has 1 saturated heterocycles. The molecule has 0 saturated carbocycles. The molecule has 0 radical (unpaired) electrons. The van der Waals surface area contributed by atoms with Gasteiger partial charge in [-0.2, -0.15) is 0 Å². The average Bonchev–Trinajstić information content (AvgIpc) is 2.81. The summed E-state index contributed by atoms with van der Waals surface area (Å²) in [5.74, 6) is -0.288. The van der Waals surface area contributed by atoms with Crippen LogP contribution in [0, 0.1) is 0 Å². The Morgan fingerprint density at radius 2 is 1.96 bits per heavy atom. The van der Waals surface area contributed by atoms with Gasteiger partial charge >= 0.3 is 0 Å². The fourth-order valence-electron chi connectivity index (χ4n) is 3.27. The van der Waals surface area contributed by atoms with Crippen molar-refractivity contribution in [3.05, 3.63) is 59.7 Å². The van der Waals surface area contributed by atoms with Crippen molar-refractivity contribution in [1.82, 2.24) is 14.9 Å². The average molecular weight is 310 g/mol. The lowest BCUT2D eigenvalue weighted by atomic mass is 9.97. The molecule has 5 nitrogen and oxygen atoms in total. The van der Waals surface area contributed by atoms with Crippen LogP contribution in [0.3, 0.4) is 0 Å². The Morgan fingerprint density at radius 3 is 2.74 bits per heavy atom. The number of hydrogen-bond donors (Lipinski definition) is 1. The molecule has 2 N–H and O–H groups in total. The van der Waals surface area contributed by atoms with Gasteiger partial charge in [0.2, 0.25) is 0 Å². The molecule has 23 heavy (non-hydrogen) atoms. The molecule has 0 unspecified atom stereocenters. The minimum Gasteiger partial charge on any atom is -0.364 e. The fourth-order valence-corrected chi connectivity index (χ4v) is 3.27. The number of amides is 1. The lowest BCUT2D eigenvalue weighted by Gasteiger charge is -2.24. The smallest absolute Gasteiger partial charge is 0.269 e. The van der Waals surface area contributed by atoms with Gasteiger partial charge in [0.25, 0.3) is 5.91 Å².